The summed E-state index contributed by atoms with van der Waals surface area (Å²) in [5.74, 6) is -0.0293. The Morgan fingerprint density at radius 2 is 2.06 bits per heavy atom. The fraction of sp³-hybridized carbons (Fsp3) is 0.500. The molecule has 0 saturated heterocycles. The molecule has 0 fully saturated rings. The summed E-state index contributed by atoms with van der Waals surface area (Å²) in [6.07, 6.45) is 0. The third-order valence-corrected chi connectivity index (χ3v) is 2.51. The monoisotopic (exact) mass is 235 g/mol. The first-order valence-corrected chi connectivity index (χ1v) is 5.92. The van der Waals surface area contributed by atoms with Crippen molar-refractivity contribution in [1.82, 2.24) is 4.90 Å². The Balaban J connectivity index is 2.87. The smallest absolute Gasteiger partial charge is 0.253 e. The zero-order valence-corrected chi connectivity index (χ0v) is 11.0. The average molecular weight is 235 g/mol. The standard InChI is InChI=1S/C14H21NO2/c1-5-15(10-14(3,4)17)13(16)12-8-6-7-11(2)9-12/h6-9,17H,5,10H2,1-4H3. The molecule has 0 aliphatic carbocycles. The zero-order valence-electron chi connectivity index (χ0n) is 11.0. The number of carbonyl (C=O) groups excluding carboxylic acids is 1. The second-order valence-corrected chi connectivity index (χ2v) is 5.00. The molecule has 1 amide bonds. The van der Waals surface area contributed by atoms with Crippen molar-refractivity contribution in [2.75, 3.05) is 13.1 Å². The van der Waals surface area contributed by atoms with Crippen LogP contribution >= 0.6 is 0 Å². The van der Waals surface area contributed by atoms with Crippen LogP contribution in [-0.4, -0.2) is 34.6 Å². The lowest BCUT2D eigenvalue weighted by Gasteiger charge is -2.28. The number of carbonyl (C=O) groups is 1. The predicted octanol–water partition coefficient (Wildman–Crippen LogP) is 2.23. The van der Waals surface area contributed by atoms with E-state index in [0.717, 1.165) is 5.56 Å². The third kappa shape index (κ3) is 4.19. The van der Waals surface area contributed by atoms with Crippen molar-refractivity contribution < 1.29 is 9.90 Å². The van der Waals surface area contributed by atoms with E-state index in [1.807, 2.05) is 38.1 Å². The molecule has 1 aromatic rings. The molecule has 1 rings (SSSR count). The van der Waals surface area contributed by atoms with Crippen LogP contribution in [0.2, 0.25) is 0 Å². The maximum atomic E-state index is 12.2. The summed E-state index contributed by atoms with van der Waals surface area (Å²) < 4.78 is 0. The van der Waals surface area contributed by atoms with Crippen LogP contribution in [0.3, 0.4) is 0 Å². The number of amides is 1. The van der Waals surface area contributed by atoms with Gasteiger partial charge in [0, 0.05) is 18.7 Å². The van der Waals surface area contributed by atoms with E-state index in [1.54, 1.807) is 18.7 Å². The minimum atomic E-state index is -0.866. The minimum absolute atomic E-state index is 0.0293. The van der Waals surface area contributed by atoms with Gasteiger partial charge in [0.2, 0.25) is 0 Å². The molecule has 0 atom stereocenters. The summed E-state index contributed by atoms with van der Waals surface area (Å²) >= 11 is 0. The number of aryl methyl sites for hydroxylation is 1. The maximum Gasteiger partial charge on any atom is 0.253 e. The zero-order chi connectivity index (χ0) is 13.1. The first-order chi connectivity index (χ1) is 7.83. The summed E-state index contributed by atoms with van der Waals surface area (Å²) in [7, 11) is 0. The molecule has 0 bridgehead atoms. The lowest BCUT2D eigenvalue weighted by molar-refractivity contribution is 0.0314. The molecule has 0 heterocycles. The highest BCUT2D eigenvalue weighted by atomic mass is 16.3. The predicted molar refractivity (Wildman–Crippen MR) is 69.1 cm³/mol. The van der Waals surface area contributed by atoms with Crippen molar-refractivity contribution in [3.8, 4) is 0 Å². The van der Waals surface area contributed by atoms with Gasteiger partial charge in [0.05, 0.1) is 5.60 Å². The maximum absolute atomic E-state index is 12.2. The van der Waals surface area contributed by atoms with Crippen LogP contribution in [0, 0.1) is 6.92 Å². The van der Waals surface area contributed by atoms with Crippen LogP contribution < -0.4 is 0 Å². The fourth-order valence-corrected chi connectivity index (χ4v) is 1.75. The molecule has 3 heteroatoms. The molecule has 1 N–H and O–H groups in total. The Morgan fingerprint density at radius 3 is 2.53 bits per heavy atom. The van der Waals surface area contributed by atoms with E-state index >= 15 is 0 Å². The van der Waals surface area contributed by atoms with E-state index in [9.17, 15) is 9.90 Å². The number of nitrogens with zero attached hydrogens (tertiary/aromatic N) is 1. The number of aliphatic hydroxyl groups is 1. The second-order valence-electron chi connectivity index (χ2n) is 5.00. The molecule has 1 aromatic carbocycles. The molecular formula is C14H21NO2. The molecular weight excluding hydrogens is 214 g/mol. The summed E-state index contributed by atoms with van der Waals surface area (Å²) in [5, 5.41) is 9.78. The highest BCUT2D eigenvalue weighted by Gasteiger charge is 2.22. The molecule has 17 heavy (non-hydrogen) atoms. The van der Waals surface area contributed by atoms with Crippen molar-refractivity contribution >= 4 is 5.91 Å². The molecule has 0 radical (unpaired) electrons. The van der Waals surface area contributed by atoms with Gasteiger partial charge in [0.25, 0.3) is 5.91 Å². The molecule has 0 aliphatic heterocycles. The van der Waals surface area contributed by atoms with E-state index in [4.69, 9.17) is 0 Å². The summed E-state index contributed by atoms with van der Waals surface area (Å²) in [6.45, 7) is 8.23. The van der Waals surface area contributed by atoms with Crippen LogP contribution in [0.4, 0.5) is 0 Å². The Kier molecular flexibility index (Phi) is 4.29. The van der Waals surface area contributed by atoms with Gasteiger partial charge in [-0.1, -0.05) is 17.7 Å². The van der Waals surface area contributed by atoms with Crippen LogP contribution in [-0.2, 0) is 0 Å². The number of hydrogen-bond acceptors (Lipinski definition) is 2. The van der Waals surface area contributed by atoms with E-state index in [1.165, 1.54) is 0 Å². The van der Waals surface area contributed by atoms with Gasteiger partial charge in [0.15, 0.2) is 0 Å². The van der Waals surface area contributed by atoms with Crippen LogP contribution in [0.1, 0.15) is 36.7 Å². The van der Waals surface area contributed by atoms with Gasteiger partial charge in [-0.2, -0.15) is 0 Å². The Labute approximate surface area is 103 Å². The minimum Gasteiger partial charge on any atom is -0.389 e. The fourth-order valence-electron chi connectivity index (χ4n) is 1.75. The van der Waals surface area contributed by atoms with Gasteiger partial charge in [-0.15, -0.1) is 0 Å². The van der Waals surface area contributed by atoms with E-state index in [2.05, 4.69) is 0 Å². The number of rotatable bonds is 4. The first kappa shape index (κ1) is 13.7. The molecule has 0 aromatic heterocycles. The third-order valence-electron chi connectivity index (χ3n) is 2.51. The van der Waals surface area contributed by atoms with Crippen molar-refractivity contribution in [3.05, 3.63) is 35.4 Å². The number of benzene rings is 1. The van der Waals surface area contributed by atoms with Gasteiger partial charge < -0.3 is 10.0 Å². The highest BCUT2D eigenvalue weighted by molar-refractivity contribution is 5.94. The van der Waals surface area contributed by atoms with Gasteiger partial charge in [-0.25, -0.2) is 0 Å². The number of hydrogen-bond donors (Lipinski definition) is 1. The number of likely N-dealkylation sites (N-methyl/N-ethyl adjacent to an activating group) is 1. The molecule has 3 nitrogen and oxygen atoms in total. The Bertz CT molecular complexity index is 393. The normalized spacial score (nSPS) is 11.4. The van der Waals surface area contributed by atoms with Crippen LogP contribution in [0.25, 0.3) is 0 Å². The van der Waals surface area contributed by atoms with Crippen LogP contribution in [0.15, 0.2) is 24.3 Å². The largest absolute Gasteiger partial charge is 0.389 e. The molecule has 94 valence electrons. The van der Waals surface area contributed by atoms with Crippen molar-refractivity contribution in [3.63, 3.8) is 0 Å². The topological polar surface area (TPSA) is 40.5 Å². The quantitative estimate of drug-likeness (QED) is 0.869. The van der Waals surface area contributed by atoms with Crippen molar-refractivity contribution in [2.24, 2.45) is 0 Å². The van der Waals surface area contributed by atoms with E-state index in [0.29, 0.717) is 18.7 Å². The van der Waals surface area contributed by atoms with Gasteiger partial charge >= 0.3 is 0 Å². The van der Waals surface area contributed by atoms with Gasteiger partial charge in [0.1, 0.15) is 0 Å². The molecule has 0 saturated carbocycles. The Morgan fingerprint density at radius 1 is 1.41 bits per heavy atom. The van der Waals surface area contributed by atoms with E-state index < -0.39 is 5.60 Å². The SMILES string of the molecule is CCN(CC(C)(C)O)C(=O)c1cccc(C)c1. The van der Waals surface area contributed by atoms with Gasteiger partial charge in [-0.3, -0.25) is 4.79 Å². The molecule has 0 unspecified atom stereocenters. The Hall–Kier alpha value is -1.35. The van der Waals surface area contributed by atoms with Crippen molar-refractivity contribution in [2.45, 2.75) is 33.3 Å². The second kappa shape index (κ2) is 5.32. The lowest BCUT2D eigenvalue weighted by atomic mass is 10.1. The molecule has 0 aliphatic rings. The summed E-state index contributed by atoms with van der Waals surface area (Å²) in [4.78, 5) is 13.9. The van der Waals surface area contributed by atoms with Crippen LogP contribution in [0.5, 0.6) is 0 Å². The summed E-state index contributed by atoms with van der Waals surface area (Å²) in [6, 6.07) is 7.52. The summed E-state index contributed by atoms with van der Waals surface area (Å²) in [5.41, 5.74) is 0.876. The van der Waals surface area contributed by atoms with E-state index in [-0.39, 0.29) is 5.91 Å². The molecule has 0 spiro atoms. The lowest BCUT2D eigenvalue weighted by Crippen LogP contribution is -2.42. The van der Waals surface area contributed by atoms with Gasteiger partial charge in [-0.05, 0) is 39.8 Å². The first-order valence-electron chi connectivity index (χ1n) is 5.92. The van der Waals surface area contributed by atoms with Crippen molar-refractivity contribution in [1.29, 1.82) is 0 Å². The average Bonchev–Trinajstić information content (AvgIpc) is 2.23. The highest BCUT2D eigenvalue weighted by Crippen LogP contribution is 2.11.